The van der Waals surface area contributed by atoms with Crippen LogP contribution in [0.1, 0.15) is 47.5 Å². The second-order valence-corrected chi connectivity index (χ2v) is 5.48. The molecule has 0 aliphatic carbocycles. The van der Waals surface area contributed by atoms with E-state index in [9.17, 15) is 4.79 Å². The number of hydrogen-bond acceptors (Lipinski definition) is 2. The lowest BCUT2D eigenvalue weighted by Crippen LogP contribution is -2.43. The summed E-state index contributed by atoms with van der Waals surface area (Å²) < 4.78 is 0. The third-order valence-corrected chi connectivity index (χ3v) is 2.65. The summed E-state index contributed by atoms with van der Waals surface area (Å²) >= 11 is 0. The Morgan fingerprint density at radius 2 is 1.38 bits per heavy atom. The Kier molecular flexibility index (Phi) is 7.39. The highest BCUT2D eigenvalue weighted by Crippen LogP contribution is 2.07. The summed E-state index contributed by atoms with van der Waals surface area (Å²) in [6.07, 6.45) is 2.10. The average molecular weight is 228 g/mol. The van der Waals surface area contributed by atoms with Crippen LogP contribution in [0.3, 0.4) is 0 Å². The third-order valence-electron chi connectivity index (χ3n) is 2.65. The fourth-order valence-corrected chi connectivity index (χ4v) is 1.45. The lowest BCUT2D eigenvalue weighted by molar-refractivity contribution is -0.132. The lowest BCUT2D eigenvalue weighted by atomic mass is 10.1. The molecule has 3 heteroatoms. The van der Waals surface area contributed by atoms with Crippen molar-refractivity contribution in [2.24, 2.45) is 17.6 Å². The Hall–Kier alpha value is -0.570. The molecule has 0 aromatic heterocycles. The van der Waals surface area contributed by atoms with Crippen molar-refractivity contribution in [3.05, 3.63) is 0 Å². The van der Waals surface area contributed by atoms with Gasteiger partial charge in [0.1, 0.15) is 0 Å². The van der Waals surface area contributed by atoms with Gasteiger partial charge in [-0.05, 0) is 31.6 Å². The van der Waals surface area contributed by atoms with Crippen molar-refractivity contribution >= 4 is 5.91 Å². The monoisotopic (exact) mass is 228 g/mol. The maximum absolute atomic E-state index is 11.9. The molecule has 0 saturated heterocycles. The van der Waals surface area contributed by atoms with Crippen LogP contribution >= 0.6 is 0 Å². The van der Waals surface area contributed by atoms with E-state index in [0.717, 1.165) is 25.9 Å². The highest BCUT2D eigenvalue weighted by molar-refractivity contribution is 5.81. The molecular weight excluding hydrogens is 200 g/mol. The van der Waals surface area contributed by atoms with Crippen molar-refractivity contribution < 1.29 is 4.79 Å². The minimum atomic E-state index is -0.376. The van der Waals surface area contributed by atoms with E-state index < -0.39 is 0 Å². The summed E-state index contributed by atoms with van der Waals surface area (Å²) in [6, 6.07) is -0.376. The van der Waals surface area contributed by atoms with Crippen molar-refractivity contribution in [3.63, 3.8) is 0 Å². The molecule has 16 heavy (non-hydrogen) atoms. The van der Waals surface area contributed by atoms with E-state index in [2.05, 4.69) is 27.7 Å². The Balaban J connectivity index is 4.21. The maximum Gasteiger partial charge on any atom is 0.239 e. The first-order valence-corrected chi connectivity index (χ1v) is 6.39. The van der Waals surface area contributed by atoms with Crippen LogP contribution in [0.4, 0.5) is 0 Å². The lowest BCUT2D eigenvalue weighted by Gasteiger charge is -2.26. The van der Waals surface area contributed by atoms with Crippen LogP contribution in [0.15, 0.2) is 0 Å². The summed E-state index contributed by atoms with van der Waals surface area (Å²) in [5.41, 5.74) is 5.66. The second-order valence-electron chi connectivity index (χ2n) is 5.48. The standard InChI is InChI=1S/C13H28N2O/c1-10(2)6-8-15(9-7-11(3)4)13(16)12(5)14/h10-12H,6-9,14H2,1-5H3/t12-/m1/s1. The number of amides is 1. The molecule has 0 bridgehead atoms. The van der Waals surface area contributed by atoms with Gasteiger partial charge in [0, 0.05) is 13.1 Å². The van der Waals surface area contributed by atoms with E-state index in [1.54, 1.807) is 6.92 Å². The van der Waals surface area contributed by atoms with Gasteiger partial charge in [0.25, 0.3) is 0 Å². The quantitative estimate of drug-likeness (QED) is 0.726. The molecule has 0 unspecified atom stereocenters. The van der Waals surface area contributed by atoms with Gasteiger partial charge in [-0.25, -0.2) is 0 Å². The van der Waals surface area contributed by atoms with Crippen LogP contribution < -0.4 is 5.73 Å². The Morgan fingerprint density at radius 1 is 1.00 bits per heavy atom. The van der Waals surface area contributed by atoms with Gasteiger partial charge in [-0.3, -0.25) is 4.79 Å². The number of carbonyl (C=O) groups excluding carboxylic acids is 1. The largest absolute Gasteiger partial charge is 0.341 e. The highest BCUT2D eigenvalue weighted by atomic mass is 16.2. The number of rotatable bonds is 7. The highest BCUT2D eigenvalue weighted by Gasteiger charge is 2.17. The summed E-state index contributed by atoms with van der Waals surface area (Å²) in [4.78, 5) is 13.8. The summed E-state index contributed by atoms with van der Waals surface area (Å²) in [5, 5.41) is 0. The van der Waals surface area contributed by atoms with Crippen molar-refractivity contribution in [1.82, 2.24) is 4.90 Å². The van der Waals surface area contributed by atoms with E-state index >= 15 is 0 Å². The second kappa shape index (κ2) is 7.66. The van der Waals surface area contributed by atoms with Gasteiger partial charge in [0.15, 0.2) is 0 Å². The summed E-state index contributed by atoms with van der Waals surface area (Å²) in [5.74, 6) is 1.34. The van der Waals surface area contributed by atoms with Gasteiger partial charge in [0.2, 0.25) is 5.91 Å². The molecule has 0 spiro atoms. The van der Waals surface area contributed by atoms with Gasteiger partial charge in [-0.15, -0.1) is 0 Å². The molecular formula is C13H28N2O. The Labute approximate surface area is 100 Å². The molecule has 96 valence electrons. The molecule has 2 N–H and O–H groups in total. The van der Waals surface area contributed by atoms with Crippen LogP contribution in [-0.4, -0.2) is 29.9 Å². The van der Waals surface area contributed by atoms with Gasteiger partial charge in [-0.1, -0.05) is 27.7 Å². The smallest absolute Gasteiger partial charge is 0.239 e. The summed E-state index contributed by atoms with van der Waals surface area (Å²) in [7, 11) is 0. The molecule has 0 aromatic carbocycles. The Bertz CT molecular complexity index is 188. The van der Waals surface area contributed by atoms with E-state index in [1.807, 2.05) is 4.90 Å². The van der Waals surface area contributed by atoms with Gasteiger partial charge < -0.3 is 10.6 Å². The van der Waals surface area contributed by atoms with Gasteiger partial charge in [-0.2, -0.15) is 0 Å². The molecule has 3 nitrogen and oxygen atoms in total. The molecule has 1 amide bonds. The molecule has 0 radical (unpaired) electrons. The third kappa shape index (κ3) is 6.83. The van der Waals surface area contributed by atoms with Crippen LogP contribution in [-0.2, 0) is 4.79 Å². The zero-order valence-corrected chi connectivity index (χ0v) is 11.5. The van der Waals surface area contributed by atoms with Crippen molar-refractivity contribution in [3.8, 4) is 0 Å². The van der Waals surface area contributed by atoms with Crippen molar-refractivity contribution in [1.29, 1.82) is 0 Å². The van der Waals surface area contributed by atoms with Crippen molar-refractivity contribution in [2.45, 2.75) is 53.5 Å². The van der Waals surface area contributed by atoms with Crippen LogP contribution in [0.5, 0.6) is 0 Å². The zero-order chi connectivity index (χ0) is 12.7. The van der Waals surface area contributed by atoms with Gasteiger partial charge >= 0.3 is 0 Å². The fourth-order valence-electron chi connectivity index (χ4n) is 1.45. The van der Waals surface area contributed by atoms with Crippen LogP contribution in [0, 0.1) is 11.8 Å². The molecule has 0 rings (SSSR count). The fraction of sp³-hybridized carbons (Fsp3) is 0.923. The van der Waals surface area contributed by atoms with Crippen molar-refractivity contribution in [2.75, 3.05) is 13.1 Å². The Morgan fingerprint density at radius 3 is 1.62 bits per heavy atom. The van der Waals surface area contributed by atoms with Gasteiger partial charge in [0.05, 0.1) is 6.04 Å². The predicted octanol–water partition coefficient (Wildman–Crippen LogP) is 2.25. The first-order chi connectivity index (χ1) is 7.34. The first-order valence-electron chi connectivity index (χ1n) is 6.39. The van der Waals surface area contributed by atoms with Crippen LogP contribution in [0.2, 0.25) is 0 Å². The number of carbonyl (C=O) groups is 1. The van der Waals surface area contributed by atoms with E-state index in [-0.39, 0.29) is 11.9 Å². The average Bonchev–Trinajstić information content (AvgIpc) is 2.16. The molecule has 0 saturated carbocycles. The molecule has 0 aliphatic rings. The number of nitrogens with zero attached hydrogens (tertiary/aromatic N) is 1. The predicted molar refractivity (Wildman–Crippen MR) is 69.1 cm³/mol. The minimum Gasteiger partial charge on any atom is -0.341 e. The normalized spacial score (nSPS) is 13.2. The molecule has 0 aromatic rings. The first kappa shape index (κ1) is 15.4. The maximum atomic E-state index is 11.9. The van der Waals surface area contributed by atoms with E-state index in [4.69, 9.17) is 5.73 Å². The van der Waals surface area contributed by atoms with E-state index in [0.29, 0.717) is 11.8 Å². The zero-order valence-electron chi connectivity index (χ0n) is 11.5. The minimum absolute atomic E-state index is 0.0845. The molecule has 0 aliphatic heterocycles. The topological polar surface area (TPSA) is 46.3 Å². The molecule has 0 fully saturated rings. The van der Waals surface area contributed by atoms with Crippen LogP contribution in [0.25, 0.3) is 0 Å². The summed E-state index contributed by atoms with van der Waals surface area (Å²) in [6.45, 7) is 12.2. The SMILES string of the molecule is CC(C)CCN(CCC(C)C)C(=O)[C@@H](C)N. The number of nitrogens with two attached hydrogens (primary N) is 1. The number of hydrogen-bond donors (Lipinski definition) is 1. The molecule has 0 heterocycles. The van der Waals surface area contributed by atoms with E-state index in [1.165, 1.54) is 0 Å². The molecule has 1 atom stereocenters.